The maximum absolute atomic E-state index is 12.6. The summed E-state index contributed by atoms with van der Waals surface area (Å²) >= 11 is -1.26. The van der Waals surface area contributed by atoms with Crippen LogP contribution >= 0.6 is 0 Å². The van der Waals surface area contributed by atoms with Crippen LogP contribution in [0.5, 0.6) is 28.7 Å². The van der Waals surface area contributed by atoms with Crippen molar-refractivity contribution in [2.45, 2.75) is 5.75 Å². The molecule has 0 aliphatic carbocycles. The van der Waals surface area contributed by atoms with Crippen LogP contribution in [0.15, 0.2) is 35.7 Å². The Morgan fingerprint density at radius 1 is 0.815 bits per heavy atom. The molecular formula is C20H24O6S. The largest absolute Gasteiger partial charge is 0.612 e. The second-order valence-corrected chi connectivity index (χ2v) is 6.76. The van der Waals surface area contributed by atoms with Crippen LogP contribution in [-0.4, -0.2) is 40.1 Å². The van der Waals surface area contributed by atoms with Crippen LogP contribution in [-0.2, 0) is 16.9 Å². The van der Waals surface area contributed by atoms with E-state index in [1.165, 1.54) is 0 Å². The summed E-state index contributed by atoms with van der Waals surface area (Å²) in [7, 11) is 7.80. The number of methoxy groups -OCH3 is 5. The molecule has 1 unspecified atom stereocenters. The first kappa shape index (κ1) is 20.8. The van der Waals surface area contributed by atoms with Gasteiger partial charge in [0.05, 0.1) is 41.1 Å². The van der Waals surface area contributed by atoms with Gasteiger partial charge in [-0.25, -0.2) is 0 Å². The summed E-state index contributed by atoms with van der Waals surface area (Å²) in [5.74, 6) is 3.15. The van der Waals surface area contributed by atoms with E-state index in [0.29, 0.717) is 34.5 Å². The van der Waals surface area contributed by atoms with Crippen LogP contribution in [0.1, 0.15) is 11.1 Å². The van der Waals surface area contributed by atoms with Crippen LogP contribution in [0, 0.1) is 0 Å². The maximum atomic E-state index is 12.6. The Labute approximate surface area is 162 Å². The molecule has 0 radical (unpaired) electrons. The molecule has 0 spiro atoms. The Morgan fingerprint density at radius 2 is 1.33 bits per heavy atom. The lowest BCUT2D eigenvalue weighted by Crippen LogP contribution is -2.03. The summed E-state index contributed by atoms with van der Waals surface area (Å²) in [4.78, 5) is 0. The monoisotopic (exact) mass is 392 g/mol. The Balaban J connectivity index is 2.24. The smallest absolute Gasteiger partial charge is 0.203 e. The van der Waals surface area contributed by atoms with Crippen molar-refractivity contribution in [1.29, 1.82) is 0 Å². The van der Waals surface area contributed by atoms with Gasteiger partial charge in [0.1, 0.15) is 22.7 Å². The topological polar surface area (TPSA) is 69.2 Å². The van der Waals surface area contributed by atoms with Gasteiger partial charge >= 0.3 is 0 Å². The molecule has 0 aliphatic heterocycles. The van der Waals surface area contributed by atoms with E-state index in [2.05, 4.69) is 0 Å². The van der Waals surface area contributed by atoms with Crippen LogP contribution in [0.3, 0.4) is 0 Å². The van der Waals surface area contributed by atoms with Crippen molar-refractivity contribution in [2.24, 2.45) is 0 Å². The lowest BCUT2D eigenvalue weighted by atomic mass is 10.2. The average molecular weight is 392 g/mol. The number of hydrogen-bond acceptors (Lipinski definition) is 6. The van der Waals surface area contributed by atoms with Gasteiger partial charge in [-0.2, -0.15) is 0 Å². The Morgan fingerprint density at radius 3 is 1.78 bits per heavy atom. The molecule has 0 aliphatic rings. The predicted octanol–water partition coefficient (Wildman–Crippen LogP) is 3.65. The van der Waals surface area contributed by atoms with Gasteiger partial charge in [0.25, 0.3) is 0 Å². The standard InChI is InChI=1S/C20H24O6S/c1-22-16-7-6-8-17(23-2)15(16)9-10-27(21)13-14-11-18(24-3)20(26-5)19(12-14)25-4/h6-12H,13H2,1-5H3/b10-9+. The summed E-state index contributed by atoms with van der Waals surface area (Å²) in [5.41, 5.74) is 1.54. The lowest BCUT2D eigenvalue weighted by molar-refractivity contribution is 0.324. The Kier molecular flexibility index (Phi) is 7.69. The molecule has 0 saturated carbocycles. The molecule has 0 bridgehead atoms. The third-order valence-electron chi connectivity index (χ3n) is 3.89. The summed E-state index contributed by atoms with van der Waals surface area (Å²) in [6.07, 6.45) is 1.74. The van der Waals surface area contributed by atoms with Crippen molar-refractivity contribution in [1.82, 2.24) is 0 Å². The first-order valence-electron chi connectivity index (χ1n) is 8.13. The predicted molar refractivity (Wildman–Crippen MR) is 107 cm³/mol. The summed E-state index contributed by atoms with van der Waals surface area (Å²) in [6.45, 7) is 0. The van der Waals surface area contributed by atoms with E-state index in [0.717, 1.165) is 11.1 Å². The molecule has 0 fully saturated rings. The van der Waals surface area contributed by atoms with Crippen molar-refractivity contribution >= 4 is 17.3 Å². The third-order valence-corrected chi connectivity index (χ3v) is 4.94. The molecule has 6 nitrogen and oxygen atoms in total. The molecule has 2 aromatic carbocycles. The maximum Gasteiger partial charge on any atom is 0.203 e. The van der Waals surface area contributed by atoms with Crippen LogP contribution in [0.2, 0.25) is 0 Å². The highest BCUT2D eigenvalue weighted by Gasteiger charge is 2.16. The third kappa shape index (κ3) is 5.02. The molecular weight excluding hydrogens is 368 g/mol. The van der Waals surface area contributed by atoms with E-state index in [1.807, 2.05) is 18.2 Å². The summed E-state index contributed by atoms with van der Waals surface area (Å²) in [6, 6.07) is 9.06. The highest BCUT2D eigenvalue weighted by atomic mass is 32.2. The highest BCUT2D eigenvalue weighted by Crippen LogP contribution is 2.38. The van der Waals surface area contributed by atoms with Crippen molar-refractivity contribution in [3.05, 3.63) is 46.9 Å². The van der Waals surface area contributed by atoms with Crippen LogP contribution in [0.25, 0.3) is 6.08 Å². The molecule has 7 heteroatoms. The van der Waals surface area contributed by atoms with Gasteiger partial charge in [0.15, 0.2) is 11.5 Å². The zero-order valence-electron chi connectivity index (χ0n) is 16.1. The van der Waals surface area contributed by atoms with Crippen LogP contribution < -0.4 is 23.7 Å². The second kappa shape index (κ2) is 9.99. The second-order valence-electron chi connectivity index (χ2n) is 5.44. The number of benzene rings is 2. The number of rotatable bonds is 9. The van der Waals surface area contributed by atoms with E-state index < -0.39 is 11.2 Å². The molecule has 27 heavy (non-hydrogen) atoms. The van der Waals surface area contributed by atoms with Crippen molar-refractivity contribution < 1.29 is 28.2 Å². The Bertz CT molecular complexity index is 743. The molecule has 0 amide bonds. The zero-order chi connectivity index (χ0) is 19.8. The van der Waals surface area contributed by atoms with Gasteiger partial charge in [0, 0.05) is 11.6 Å². The molecule has 0 aromatic heterocycles. The molecule has 146 valence electrons. The van der Waals surface area contributed by atoms with Gasteiger partial charge in [-0.15, -0.1) is 0 Å². The molecule has 2 aromatic rings. The minimum Gasteiger partial charge on any atom is -0.612 e. The quantitative estimate of drug-likeness (QED) is 0.607. The van der Waals surface area contributed by atoms with Crippen molar-refractivity contribution in [3.8, 4) is 28.7 Å². The molecule has 0 saturated heterocycles. The fraction of sp³-hybridized carbons (Fsp3) is 0.300. The van der Waals surface area contributed by atoms with E-state index in [1.54, 1.807) is 59.2 Å². The molecule has 0 heterocycles. The van der Waals surface area contributed by atoms with Crippen molar-refractivity contribution in [2.75, 3.05) is 35.5 Å². The average Bonchev–Trinajstić information content (AvgIpc) is 2.70. The SMILES string of the molecule is COc1cccc(OC)c1/C=C/[S+]([O-])Cc1cc(OC)c(OC)c(OC)c1. The molecule has 2 rings (SSSR count). The van der Waals surface area contributed by atoms with Gasteiger partial charge in [0.2, 0.25) is 5.75 Å². The van der Waals surface area contributed by atoms with E-state index in [4.69, 9.17) is 23.7 Å². The first-order valence-corrected chi connectivity index (χ1v) is 9.51. The summed E-state index contributed by atoms with van der Waals surface area (Å²) in [5, 5.41) is 1.61. The normalized spacial score (nSPS) is 11.9. The van der Waals surface area contributed by atoms with Gasteiger partial charge in [-0.05, 0) is 35.4 Å². The minimum atomic E-state index is -1.26. The molecule has 0 N–H and O–H groups in total. The Hall–Kier alpha value is -2.51. The minimum absolute atomic E-state index is 0.296. The van der Waals surface area contributed by atoms with Gasteiger partial charge in [-0.1, -0.05) is 6.07 Å². The fourth-order valence-electron chi connectivity index (χ4n) is 2.62. The fourth-order valence-corrected chi connectivity index (χ4v) is 3.50. The number of hydrogen-bond donors (Lipinski definition) is 0. The molecule has 1 atom stereocenters. The van der Waals surface area contributed by atoms with E-state index >= 15 is 0 Å². The lowest BCUT2D eigenvalue weighted by Gasteiger charge is -2.14. The van der Waals surface area contributed by atoms with Gasteiger partial charge < -0.3 is 28.2 Å². The van der Waals surface area contributed by atoms with Crippen molar-refractivity contribution in [3.63, 3.8) is 0 Å². The van der Waals surface area contributed by atoms with E-state index in [-0.39, 0.29) is 0 Å². The highest BCUT2D eigenvalue weighted by molar-refractivity contribution is 7.93. The summed E-state index contributed by atoms with van der Waals surface area (Å²) < 4.78 is 39.2. The number of ether oxygens (including phenoxy) is 5. The van der Waals surface area contributed by atoms with Crippen LogP contribution in [0.4, 0.5) is 0 Å². The first-order chi connectivity index (χ1) is 13.1. The van der Waals surface area contributed by atoms with Gasteiger partial charge in [-0.3, -0.25) is 0 Å². The van der Waals surface area contributed by atoms with E-state index in [9.17, 15) is 4.55 Å². The zero-order valence-corrected chi connectivity index (χ0v) is 16.9.